The molecule has 0 saturated heterocycles. The number of ether oxygens (including phenoxy) is 1. The first-order valence-electron chi connectivity index (χ1n) is 5.06. The van der Waals surface area contributed by atoms with Crippen molar-refractivity contribution < 1.29 is 9.53 Å². The second kappa shape index (κ2) is 5.21. The Labute approximate surface area is 101 Å². The molecule has 0 saturated carbocycles. The van der Waals surface area contributed by atoms with Gasteiger partial charge in [0, 0.05) is 11.9 Å². The first kappa shape index (κ1) is 12.8. The quantitative estimate of drug-likeness (QED) is 0.880. The maximum absolute atomic E-state index is 10.9. The van der Waals surface area contributed by atoms with Crippen LogP contribution < -0.4 is 10.1 Å². The highest BCUT2D eigenvalue weighted by atomic mass is 35.5. The van der Waals surface area contributed by atoms with Crippen LogP contribution in [-0.2, 0) is 4.79 Å². The number of benzene rings is 1. The van der Waals surface area contributed by atoms with Gasteiger partial charge in [-0.25, -0.2) is 0 Å². The minimum absolute atomic E-state index is 0.0651. The molecule has 0 unspecified atom stereocenters. The van der Waals surface area contributed by atoms with Gasteiger partial charge in [-0.05, 0) is 38.1 Å². The lowest BCUT2D eigenvalue weighted by Crippen LogP contribution is -2.46. The van der Waals surface area contributed by atoms with Gasteiger partial charge in [0.2, 0.25) is 5.91 Å². The van der Waals surface area contributed by atoms with Crippen LogP contribution in [-0.4, -0.2) is 18.1 Å². The van der Waals surface area contributed by atoms with Gasteiger partial charge >= 0.3 is 0 Å². The summed E-state index contributed by atoms with van der Waals surface area (Å²) in [7, 11) is 0. The summed E-state index contributed by atoms with van der Waals surface area (Å²) in [4.78, 5) is 10.9. The molecule has 88 valence electrons. The molecule has 1 aromatic carbocycles. The fourth-order valence-electron chi connectivity index (χ4n) is 1.31. The highest BCUT2D eigenvalue weighted by Crippen LogP contribution is 2.16. The van der Waals surface area contributed by atoms with Crippen molar-refractivity contribution in [1.82, 2.24) is 5.32 Å². The molecule has 1 amide bonds. The number of halogens is 1. The Kier molecular flexibility index (Phi) is 4.19. The Bertz CT molecular complexity index is 360. The fourth-order valence-corrected chi connectivity index (χ4v) is 1.43. The lowest BCUT2D eigenvalue weighted by atomic mass is 10.1. The molecule has 4 heteroatoms. The van der Waals surface area contributed by atoms with Crippen molar-refractivity contribution in [2.24, 2.45) is 0 Å². The molecule has 16 heavy (non-hydrogen) atoms. The van der Waals surface area contributed by atoms with Gasteiger partial charge in [-0.2, -0.15) is 0 Å². The van der Waals surface area contributed by atoms with Crippen LogP contribution in [0.25, 0.3) is 0 Å². The molecule has 0 aliphatic rings. The van der Waals surface area contributed by atoms with Gasteiger partial charge in [0.05, 0.1) is 5.54 Å². The van der Waals surface area contributed by atoms with Gasteiger partial charge in [0.25, 0.3) is 0 Å². The number of nitrogens with one attached hydrogen (secondary N) is 1. The molecule has 0 spiro atoms. The van der Waals surface area contributed by atoms with E-state index < -0.39 is 0 Å². The summed E-state index contributed by atoms with van der Waals surface area (Å²) >= 11 is 5.76. The van der Waals surface area contributed by atoms with Crippen molar-refractivity contribution in [2.45, 2.75) is 26.3 Å². The second-order valence-electron chi connectivity index (χ2n) is 4.31. The number of amides is 1. The molecule has 0 fully saturated rings. The molecule has 0 bridgehead atoms. The lowest BCUT2D eigenvalue weighted by Gasteiger charge is -2.25. The summed E-state index contributed by atoms with van der Waals surface area (Å²) in [5.41, 5.74) is -0.383. The zero-order valence-corrected chi connectivity index (χ0v) is 10.5. The van der Waals surface area contributed by atoms with E-state index in [1.165, 1.54) is 6.92 Å². The number of hydrogen-bond donors (Lipinski definition) is 1. The molecular weight excluding hydrogens is 226 g/mol. The van der Waals surface area contributed by atoms with E-state index in [9.17, 15) is 4.79 Å². The third-order valence-electron chi connectivity index (χ3n) is 1.93. The molecule has 0 atom stereocenters. The average molecular weight is 242 g/mol. The number of rotatable bonds is 4. The van der Waals surface area contributed by atoms with E-state index in [1.54, 1.807) is 24.3 Å². The molecule has 3 nitrogen and oxygen atoms in total. The molecule has 0 heterocycles. The van der Waals surface area contributed by atoms with Gasteiger partial charge in [0.1, 0.15) is 12.4 Å². The van der Waals surface area contributed by atoms with E-state index in [1.807, 2.05) is 13.8 Å². The van der Waals surface area contributed by atoms with Crippen molar-refractivity contribution >= 4 is 17.5 Å². The van der Waals surface area contributed by atoms with Gasteiger partial charge in [-0.3, -0.25) is 4.79 Å². The minimum atomic E-state index is -0.383. The summed E-state index contributed by atoms with van der Waals surface area (Å²) in [6.07, 6.45) is 0. The Morgan fingerprint density at radius 2 is 1.94 bits per heavy atom. The number of carbonyl (C=O) groups is 1. The third kappa shape index (κ3) is 4.53. The summed E-state index contributed by atoms with van der Waals surface area (Å²) in [5, 5.41) is 3.49. The van der Waals surface area contributed by atoms with Crippen LogP contribution in [0.2, 0.25) is 5.02 Å². The zero-order chi connectivity index (χ0) is 12.2. The van der Waals surface area contributed by atoms with E-state index in [4.69, 9.17) is 16.3 Å². The highest BCUT2D eigenvalue weighted by Gasteiger charge is 2.19. The monoisotopic (exact) mass is 241 g/mol. The van der Waals surface area contributed by atoms with Crippen LogP contribution in [0.4, 0.5) is 0 Å². The Morgan fingerprint density at radius 1 is 1.38 bits per heavy atom. The molecule has 0 aliphatic carbocycles. The Balaban J connectivity index is 2.50. The van der Waals surface area contributed by atoms with E-state index in [-0.39, 0.29) is 11.4 Å². The van der Waals surface area contributed by atoms with Gasteiger partial charge in [0.15, 0.2) is 0 Å². The third-order valence-corrected chi connectivity index (χ3v) is 2.18. The van der Waals surface area contributed by atoms with Gasteiger partial charge in [-0.15, -0.1) is 0 Å². The zero-order valence-electron chi connectivity index (χ0n) is 9.71. The van der Waals surface area contributed by atoms with Crippen molar-refractivity contribution in [1.29, 1.82) is 0 Å². The van der Waals surface area contributed by atoms with E-state index >= 15 is 0 Å². The van der Waals surface area contributed by atoms with Crippen molar-refractivity contribution in [3.8, 4) is 5.75 Å². The van der Waals surface area contributed by atoms with Crippen molar-refractivity contribution in [3.63, 3.8) is 0 Å². The van der Waals surface area contributed by atoms with Crippen LogP contribution in [0.5, 0.6) is 5.75 Å². The van der Waals surface area contributed by atoms with Gasteiger partial charge in [-0.1, -0.05) is 11.6 Å². The van der Waals surface area contributed by atoms with Crippen LogP contribution in [0.3, 0.4) is 0 Å². The Hall–Kier alpha value is -1.22. The van der Waals surface area contributed by atoms with Crippen LogP contribution in [0.1, 0.15) is 20.8 Å². The molecular formula is C12H16ClNO2. The van der Waals surface area contributed by atoms with Crippen molar-refractivity contribution in [2.75, 3.05) is 6.61 Å². The maximum Gasteiger partial charge on any atom is 0.217 e. The largest absolute Gasteiger partial charge is 0.491 e. The first-order valence-corrected chi connectivity index (χ1v) is 5.44. The topological polar surface area (TPSA) is 38.3 Å². The smallest absolute Gasteiger partial charge is 0.217 e. The predicted molar refractivity (Wildman–Crippen MR) is 64.8 cm³/mol. The summed E-state index contributed by atoms with van der Waals surface area (Å²) in [6, 6.07) is 7.13. The minimum Gasteiger partial charge on any atom is -0.491 e. The molecule has 1 aromatic rings. The van der Waals surface area contributed by atoms with Crippen LogP contribution in [0.15, 0.2) is 24.3 Å². The SMILES string of the molecule is CC(=O)NC(C)(C)COc1ccc(Cl)cc1. The normalized spacial score (nSPS) is 11.0. The lowest BCUT2D eigenvalue weighted by molar-refractivity contribution is -0.120. The van der Waals surface area contributed by atoms with Gasteiger partial charge < -0.3 is 10.1 Å². The molecule has 0 aromatic heterocycles. The summed E-state index contributed by atoms with van der Waals surface area (Å²) in [6.45, 7) is 5.72. The van der Waals surface area contributed by atoms with Crippen LogP contribution >= 0.6 is 11.6 Å². The summed E-state index contributed by atoms with van der Waals surface area (Å²) < 4.78 is 5.55. The number of hydrogen-bond acceptors (Lipinski definition) is 2. The molecule has 1 rings (SSSR count). The molecule has 0 radical (unpaired) electrons. The molecule has 0 aliphatic heterocycles. The van der Waals surface area contributed by atoms with E-state index in [0.717, 1.165) is 5.75 Å². The Morgan fingerprint density at radius 3 is 2.44 bits per heavy atom. The fraction of sp³-hybridized carbons (Fsp3) is 0.417. The van der Waals surface area contributed by atoms with Crippen LogP contribution in [0, 0.1) is 0 Å². The maximum atomic E-state index is 10.9. The van der Waals surface area contributed by atoms with E-state index in [2.05, 4.69) is 5.32 Å². The second-order valence-corrected chi connectivity index (χ2v) is 4.74. The van der Waals surface area contributed by atoms with E-state index in [0.29, 0.717) is 11.6 Å². The first-order chi connectivity index (χ1) is 7.39. The average Bonchev–Trinajstić information content (AvgIpc) is 2.15. The number of carbonyl (C=O) groups excluding carboxylic acids is 1. The van der Waals surface area contributed by atoms with Crippen molar-refractivity contribution in [3.05, 3.63) is 29.3 Å². The highest BCUT2D eigenvalue weighted by molar-refractivity contribution is 6.30. The standard InChI is InChI=1S/C12H16ClNO2/c1-9(15)14-12(2,3)8-16-11-6-4-10(13)5-7-11/h4-7H,8H2,1-3H3,(H,14,15). The summed E-state index contributed by atoms with van der Waals surface area (Å²) in [5.74, 6) is 0.674. The predicted octanol–water partition coefficient (Wildman–Crippen LogP) is 2.63. The molecule has 1 N–H and O–H groups in total.